The number of benzene rings is 1. The summed E-state index contributed by atoms with van der Waals surface area (Å²) in [6.45, 7) is 5.36. The van der Waals surface area contributed by atoms with Gasteiger partial charge in [0.2, 0.25) is 0 Å². The average molecular weight is 260 g/mol. The van der Waals surface area contributed by atoms with Crippen molar-refractivity contribution >= 4 is 12.4 Å². The van der Waals surface area contributed by atoms with Gasteiger partial charge in [-0.2, -0.15) is 0 Å². The zero-order valence-electron chi connectivity index (χ0n) is 10.7. The lowest BCUT2D eigenvalue weighted by Gasteiger charge is -2.12. The molecule has 98 valence electrons. The third kappa shape index (κ3) is 5.39. The Labute approximate surface area is 110 Å². The highest BCUT2D eigenvalue weighted by Crippen LogP contribution is 2.21. The van der Waals surface area contributed by atoms with Crippen LogP contribution in [-0.4, -0.2) is 19.8 Å². The fourth-order valence-electron chi connectivity index (χ4n) is 1.65. The zero-order valence-corrected chi connectivity index (χ0v) is 11.5. The molecule has 0 saturated carbocycles. The molecule has 0 aliphatic rings. The number of hydrogen-bond acceptors (Lipinski definition) is 3. The van der Waals surface area contributed by atoms with Crippen LogP contribution in [0.25, 0.3) is 0 Å². The van der Waals surface area contributed by atoms with Crippen LogP contribution in [0.3, 0.4) is 0 Å². The molecular formula is C13H22ClNO2. The molecule has 2 N–H and O–H groups in total. The molecular weight excluding hydrogens is 238 g/mol. The molecule has 0 bridgehead atoms. The summed E-state index contributed by atoms with van der Waals surface area (Å²) in [6, 6.07) is 6.25. The van der Waals surface area contributed by atoms with E-state index in [1.165, 1.54) is 5.56 Å². The number of halogens is 1. The van der Waals surface area contributed by atoms with Gasteiger partial charge in [0.15, 0.2) is 0 Å². The first kappa shape index (κ1) is 16.2. The second kappa shape index (κ2) is 8.34. The van der Waals surface area contributed by atoms with E-state index in [9.17, 15) is 0 Å². The lowest BCUT2D eigenvalue weighted by molar-refractivity contribution is 0.134. The van der Waals surface area contributed by atoms with E-state index in [-0.39, 0.29) is 18.4 Å². The summed E-state index contributed by atoms with van der Waals surface area (Å²) < 4.78 is 10.7. The number of ether oxygens (including phenoxy) is 2. The molecule has 0 amide bonds. The molecule has 0 aliphatic heterocycles. The number of nitrogens with two attached hydrogens (primary N) is 1. The van der Waals surface area contributed by atoms with Gasteiger partial charge < -0.3 is 15.2 Å². The minimum Gasteiger partial charge on any atom is -0.496 e. The summed E-state index contributed by atoms with van der Waals surface area (Å²) in [6.07, 6.45) is 0.823. The first-order chi connectivity index (χ1) is 7.67. The number of rotatable bonds is 6. The number of hydrogen-bond donors (Lipinski definition) is 1. The Kier molecular flexibility index (Phi) is 7.96. The van der Waals surface area contributed by atoms with E-state index in [4.69, 9.17) is 15.2 Å². The van der Waals surface area contributed by atoms with Crippen molar-refractivity contribution in [3.63, 3.8) is 0 Å². The molecule has 0 saturated heterocycles. The van der Waals surface area contributed by atoms with Crippen molar-refractivity contribution in [2.45, 2.75) is 32.9 Å². The van der Waals surface area contributed by atoms with Crippen molar-refractivity contribution in [2.75, 3.05) is 13.7 Å². The van der Waals surface area contributed by atoms with Crippen LogP contribution in [0.4, 0.5) is 0 Å². The number of methoxy groups -OCH3 is 1. The van der Waals surface area contributed by atoms with Crippen molar-refractivity contribution in [1.82, 2.24) is 0 Å². The Morgan fingerprint density at radius 1 is 1.35 bits per heavy atom. The van der Waals surface area contributed by atoms with Gasteiger partial charge in [0.25, 0.3) is 0 Å². The van der Waals surface area contributed by atoms with E-state index in [0.29, 0.717) is 6.61 Å². The van der Waals surface area contributed by atoms with Crippen LogP contribution in [0, 0.1) is 0 Å². The second-order valence-electron chi connectivity index (χ2n) is 3.96. The van der Waals surface area contributed by atoms with E-state index < -0.39 is 0 Å². The molecule has 1 atom stereocenters. The monoisotopic (exact) mass is 259 g/mol. The van der Waals surface area contributed by atoms with Crippen molar-refractivity contribution in [2.24, 2.45) is 5.73 Å². The summed E-state index contributed by atoms with van der Waals surface area (Å²) in [5.41, 5.74) is 8.12. The Morgan fingerprint density at radius 3 is 2.59 bits per heavy atom. The van der Waals surface area contributed by atoms with E-state index in [0.717, 1.165) is 24.3 Å². The maximum atomic E-state index is 5.81. The SMILES string of the molecule is CCOCc1ccc(OC)c(CC(C)N)c1.Cl. The van der Waals surface area contributed by atoms with Gasteiger partial charge in [-0.1, -0.05) is 6.07 Å². The normalized spacial score (nSPS) is 11.8. The molecule has 17 heavy (non-hydrogen) atoms. The molecule has 0 aliphatic carbocycles. The van der Waals surface area contributed by atoms with E-state index in [2.05, 4.69) is 6.07 Å². The highest BCUT2D eigenvalue weighted by atomic mass is 35.5. The third-order valence-corrected chi connectivity index (χ3v) is 2.36. The van der Waals surface area contributed by atoms with Gasteiger partial charge in [-0.05, 0) is 43.5 Å². The molecule has 1 rings (SSSR count). The minimum atomic E-state index is 0. The Bertz CT molecular complexity index is 329. The van der Waals surface area contributed by atoms with Gasteiger partial charge in [-0.3, -0.25) is 0 Å². The van der Waals surface area contributed by atoms with Crippen LogP contribution >= 0.6 is 12.4 Å². The first-order valence-corrected chi connectivity index (χ1v) is 5.66. The van der Waals surface area contributed by atoms with Gasteiger partial charge in [0.1, 0.15) is 5.75 Å². The summed E-state index contributed by atoms with van der Waals surface area (Å²) in [7, 11) is 1.68. The molecule has 1 aromatic carbocycles. The predicted octanol–water partition coefficient (Wildman–Crippen LogP) is 2.54. The summed E-state index contributed by atoms with van der Waals surface area (Å²) in [5.74, 6) is 0.901. The summed E-state index contributed by atoms with van der Waals surface area (Å²) in [4.78, 5) is 0. The van der Waals surface area contributed by atoms with Gasteiger partial charge in [0.05, 0.1) is 13.7 Å². The zero-order chi connectivity index (χ0) is 12.0. The van der Waals surface area contributed by atoms with Crippen LogP contribution in [0.15, 0.2) is 18.2 Å². The van der Waals surface area contributed by atoms with Crippen LogP contribution in [-0.2, 0) is 17.8 Å². The van der Waals surface area contributed by atoms with Crippen LogP contribution in [0.5, 0.6) is 5.75 Å². The van der Waals surface area contributed by atoms with Crippen LogP contribution in [0.2, 0.25) is 0 Å². The molecule has 0 radical (unpaired) electrons. The standard InChI is InChI=1S/C13H21NO2.ClH/c1-4-16-9-11-5-6-13(15-3)12(8-11)7-10(2)14;/h5-6,8,10H,4,7,9,14H2,1-3H3;1H. The molecule has 0 aromatic heterocycles. The van der Waals surface area contributed by atoms with Crippen molar-refractivity contribution in [3.8, 4) is 5.75 Å². The highest BCUT2D eigenvalue weighted by Gasteiger charge is 2.06. The summed E-state index contributed by atoms with van der Waals surface area (Å²) >= 11 is 0. The van der Waals surface area contributed by atoms with Crippen molar-refractivity contribution < 1.29 is 9.47 Å². The highest BCUT2D eigenvalue weighted by molar-refractivity contribution is 5.85. The molecule has 0 spiro atoms. The maximum Gasteiger partial charge on any atom is 0.122 e. The van der Waals surface area contributed by atoms with E-state index in [1.807, 2.05) is 26.0 Å². The summed E-state index contributed by atoms with van der Waals surface area (Å²) in [5, 5.41) is 0. The molecule has 1 unspecified atom stereocenters. The average Bonchev–Trinajstić information content (AvgIpc) is 2.26. The molecule has 1 aromatic rings. The fraction of sp³-hybridized carbons (Fsp3) is 0.538. The largest absolute Gasteiger partial charge is 0.496 e. The topological polar surface area (TPSA) is 44.5 Å². The first-order valence-electron chi connectivity index (χ1n) is 5.66. The van der Waals surface area contributed by atoms with Crippen molar-refractivity contribution in [1.29, 1.82) is 0 Å². The fourth-order valence-corrected chi connectivity index (χ4v) is 1.65. The van der Waals surface area contributed by atoms with Gasteiger partial charge in [-0.25, -0.2) is 0 Å². The van der Waals surface area contributed by atoms with Crippen LogP contribution < -0.4 is 10.5 Å². The molecule has 4 heteroatoms. The predicted molar refractivity (Wildman–Crippen MR) is 72.9 cm³/mol. The maximum absolute atomic E-state index is 5.81. The van der Waals surface area contributed by atoms with E-state index in [1.54, 1.807) is 7.11 Å². The third-order valence-electron chi connectivity index (χ3n) is 2.36. The van der Waals surface area contributed by atoms with Gasteiger partial charge >= 0.3 is 0 Å². The Balaban J connectivity index is 0.00000256. The molecule has 0 heterocycles. The minimum absolute atomic E-state index is 0. The molecule has 0 fully saturated rings. The van der Waals surface area contributed by atoms with Crippen molar-refractivity contribution in [3.05, 3.63) is 29.3 Å². The van der Waals surface area contributed by atoms with E-state index >= 15 is 0 Å². The van der Waals surface area contributed by atoms with Crippen LogP contribution in [0.1, 0.15) is 25.0 Å². The lowest BCUT2D eigenvalue weighted by atomic mass is 10.0. The quantitative estimate of drug-likeness (QED) is 0.854. The lowest BCUT2D eigenvalue weighted by Crippen LogP contribution is -2.18. The van der Waals surface area contributed by atoms with Gasteiger partial charge in [-0.15, -0.1) is 12.4 Å². The Hall–Kier alpha value is -0.770. The second-order valence-corrected chi connectivity index (χ2v) is 3.96. The smallest absolute Gasteiger partial charge is 0.122 e. The van der Waals surface area contributed by atoms with Gasteiger partial charge in [0, 0.05) is 12.6 Å². The Morgan fingerprint density at radius 2 is 2.06 bits per heavy atom. The molecule has 3 nitrogen and oxygen atoms in total.